The third kappa shape index (κ3) is 3.92. The summed E-state index contributed by atoms with van der Waals surface area (Å²) in [5.41, 5.74) is 0.156. The first-order valence-corrected chi connectivity index (χ1v) is 10.6. The van der Waals surface area contributed by atoms with Crippen LogP contribution in [0, 0.1) is 11.7 Å². The molecule has 4 amide bonds. The molecule has 0 aromatic heterocycles. The number of imide groups is 1. The SMILES string of the molecule is COc1ccccc1C(=O)N1CCC(C2(C)NC(=O)N(Cc3ccc(F)cc3)C2=O)CC1. The summed E-state index contributed by atoms with van der Waals surface area (Å²) in [6, 6.07) is 12.4. The molecule has 8 heteroatoms. The van der Waals surface area contributed by atoms with Gasteiger partial charge in [-0.25, -0.2) is 9.18 Å². The van der Waals surface area contributed by atoms with Gasteiger partial charge in [0, 0.05) is 13.1 Å². The molecule has 2 aliphatic heterocycles. The van der Waals surface area contributed by atoms with Gasteiger partial charge in [-0.15, -0.1) is 0 Å². The Bertz CT molecular complexity index is 1030. The van der Waals surface area contributed by atoms with Crippen LogP contribution in [0.25, 0.3) is 0 Å². The van der Waals surface area contributed by atoms with Gasteiger partial charge in [-0.05, 0) is 55.5 Å². The molecular weight excluding hydrogens is 413 g/mol. The smallest absolute Gasteiger partial charge is 0.325 e. The first kappa shape index (κ1) is 21.8. The highest BCUT2D eigenvalue weighted by atomic mass is 19.1. The Labute approximate surface area is 186 Å². The third-order valence-electron chi connectivity index (χ3n) is 6.49. The number of ether oxygens (including phenoxy) is 1. The molecule has 0 bridgehead atoms. The van der Waals surface area contributed by atoms with E-state index in [-0.39, 0.29) is 30.1 Å². The topological polar surface area (TPSA) is 79.0 Å². The largest absolute Gasteiger partial charge is 0.496 e. The van der Waals surface area contributed by atoms with Crippen LogP contribution in [0.5, 0.6) is 5.75 Å². The van der Waals surface area contributed by atoms with E-state index in [1.165, 1.54) is 24.1 Å². The van der Waals surface area contributed by atoms with E-state index in [1.54, 1.807) is 42.2 Å². The predicted octanol–water partition coefficient (Wildman–Crippen LogP) is 3.20. The molecule has 7 nitrogen and oxygen atoms in total. The van der Waals surface area contributed by atoms with Crippen molar-refractivity contribution >= 4 is 17.8 Å². The van der Waals surface area contributed by atoms with E-state index in [1.807, 2.05) is 6.07 Å². The van der Waals surface area contributed by atoms with Crippen LogP contribution in [-0.4, -0.2) is 53.4 Å². The minimum atomic E-state index is -1.03. The van der Waals surface area contributed by atoms with Crippen LogP contribution in [-0.2, 0) is 11.3 Å². The van der Waals surface area contributed by atoms with Gasteiger partial charge in [-0.3, -0.25) is 14.5 Å². The van der Waals surface area contributed by atoms with E-state index in [4.69, 9.17) is 4.74 Å². The maximum Gasteiger partial charge on any atom is 0.325 e. The average molecular weight is 439 g/mol. The number of rotatable bonds is 5. The molecule has 2 heterocycles. The molecule has 168 valence electrons. The third-order valence-corrected chi connectivity index (χ3v) is 6.49. The normalized spacial score (nSPS) is 21.6. The summed E-state index contributed by atoms with van der Waals surface area (Å²) in [5, 5.41) is 2.87. The number of likely N-dealkylation sites (tertiary alicyclic amines) is 1. The van der Waals surface area contributed by atoms with Crippen LogP contribution in [0.1, 0.15) is 35.7 Å². The number of carbonyl (C=O) groups is 3. The van der Waals surface area contributed by atoms with Gasteiger partial charge in [0.1, 0.15) is 17.1 Å². The molecule has 32 heavy (non-hydrogen) atoms. The number of methoxy groups -OCH3 is 1. The maximum absolute atomic E-state index is 13.2. The maximum atomic E-state index is 13.2. The molecule has 2 aliphatic rings. The Balaban J connectivity index is 1.42. The van der Waals surface area contributed by atoms with Crippen molar-refractivity contribution in [3.05, 3.63) is 65.5 Å². The minimum absolute atomic E-state index is 0.0890. The second-order valence-corrected chi connectivity index (χ2v) is 8.42. The zero-order chi connectivity index (χ0) is 22.9. The van der Waals surface area contributed by atoms with Gasteiger partial charge < -0.3 is 15.0 Å². The van der Waals surface area contributed by atoms with Gasteiger partial charge in [0.25, 0.3) is 11.8 Å². The zero-order valence-corrected chi connectivity index (χ0v) is 18.1. The first-order valence-electron chi connectivity index (χ1n) is 10.6. The van der Waals surface area contributed by atoms with Gasteiger partial charge in [0.15, 0.2) is 0 Å². The molecular formula is C24H26FN3O4. The zero-order valence-electron chi connectivity index (χ0n) is 18.1. The second kappa shape index (κ2) is 8.61. The predicted molar refractivity (Wildman–Crippen MR) is 116 cm³/mol. The quantitative estimate of drug-likeness (QED) is 0.726. The summed E-state index contributed by atoms with van der Waals surface area (Å²) in [7, 11) is 1.53. The lowest BCUT2D eigenvalue weighted by Gasteiger charge is -2.39. The molecule has 4 rings (SSSR count). The lowest BCUT2D eigenvalue weighted by Crippen LogP contribution is -2.54. The van der Waals surface area contributed by atoms with Gasteiger partial charge in [-0.1, -0.05) is 24.3 Å². The van der Waals surface area contributed by atoms with Crippen LogP contribution in [0.4, 0.5) is 9.18 Å². The highest BCUT2D eigenvalue weighted by Gasteiger charge is 2.52. The van der Waals surface area contributed by atoms with E-state index in [9.17, 15) is 18.8 Å². The standard InChI is InChI=1S/C24H26FN3O4/c1-24(22(30)28(23(31)26-24)15-16-7-9-18(25)10-8-16)17-11-13-27(14-12-17)21(29)19-5-3-4-6-20(19)32-2/h3-10,17H,11-15H2,1-2H3,(H,26,31). The van der Waals surface area contributed by atoms with E-state index < -0.39 is 11.6 Å². The van der Waals surface area contributed by atoms with Crippen molar-refractivity contribution in [2.24, 2.45) is 5.92 Å². The number of nitrogens with zero attached hydrogens (tertiary/aromatic N) is 2. The number of urea groups is 1. The molecule has 1 N–H and O–H groups in total. The van der Waals surface area contributed by atoms with Crippen LogP contribution < -0.4 is 10.1 Å². The van der Waals surface area contributed by atoms with Crippen LogP contribution >= 0.6 is 0 Å². The first-order chi connectivity index (χ1) is 15.3. The number of benzene rings is 2. The van der Waals surface area contributed by atoms with Crippen molar-refractivity contribution in [2.45, 2.75) is 31.8 Å². The number of amides is 4. The summed E-state index contributed by atoms with van der Waals surface area (Å²) >= 11 is 0. The van der Waals surface area contributed by atoms with Gasteiger partial charge in [-0.2, -0.15) is 0 Å². The Morgan fingerprint density at radius 1 is 1.12 bits per heavy atom. The van der Waals surface area contributed by atoms with Crippen LogP contribution in [0.2, 0.25) is 0 Å². The van der Waals surface area contributed by atoms with Gasteiger partial charge in [0.2, 0.25) is 0 Å². The summed E-state index contributed by atoms with van der Waals surface area (Å²) in [6.07, 6.45) is 1.18. The molecule has 1 atom stereocenters. The van der Waals surface area contributed by atoms with E-state index >= 15 is 0 Å². The number of carbonyl (C=O) groups excluding carboxylic acids is 3. The molecule has 0 aliphatic carbocycles. The summed E-state index contributed by atoms with van der Waals surface area (Å²) in [5.74, 6) is -0.336. The van der Waals surface area contributed by atoms with E-state index in [0.29, 0.717) is 42.8 Å². The number of nitrogens with one attached hydrogen (secondary N) is 1. The molecule has 2 aromatic rings. The van der Waals surface area contributed by atoms with Crippen molar-refractivity contribution < 1.29 is 23.5 Å². The summed E-state index contributed by atoms with van der Waals surface area (Å²) in [4.78, 5) is 41.7. The lowest BCUT2D eigenvalue weighted by atomic mass is 9.78. The van der Waals surface area contributed by atoms with Crippen molar-refractivity contribution in [2.75, 3.05) is 20.2 Å². The van der Waals surface area contributed by atoms with E-state index in [2.05, 4.69) is 5.32 Å². The fourth-order valence-corrected chi connectivity index (χ4v) is 4.56. The summed E-state index contributed by atoms with van der Waals surface area (Å²) < 4.78 is 18.5. The molecule has 1 unspecified atom stereocenters. The molecule has 2 saturated heterocycles. The Hall–Kier alpha value is -3.42. The minimum Gasteiger partial charge on any atom is -0.496 e. The molecule has 2 fully saturated rings. The van der Waals surface area contributed by atoms with Crippen LogP contribution in [0.3, 0.4) is 0 Å². The second-order valence-electron chi connectivity index (χ2n) is 8.42. The molecule has 2 aromatic carbocycles. The van der Waals surface area contributed by atoms with Gasteiger partial charge >= 0.3 is 6.03 Å². The molecule has 0 radical (unpaired) electrons. The number of halogens is 1. The number of para-hydroxylation sites is 1. The number of piperidine rings is 1. The van der Waals surface area contributed by atoms with E-state index in [0.717, 1.165) is 0 Å². The monoisotopic (exact) mass is 439 g/mol. The Morgan fingerprint density at radius 2 is 1.78 bits per heavy atom. The van der Waals surface area contributed by atoms with Crippen molar-refractivity contribution in [3.63, 3.8) is 0 Å². The van der Waals surface area contributed by atoms with Crippen LogP contribution in [0.15, 0.2) is 48.5 Å². The number of hydrogen-bond donors (Lipinski definition) is 1. The number of hydrogen-bond acceptors (Lipinski definition) is 4. The Kier molecular flexibility index (Phi) is 5.86. The van der Waals surface area contributed by atoms with Crippen molar-refractivity contribution in [1.29, 1.82) is 0 Å². The fourth-order valence-electron chi connectivity index (χ4n) is 4.56. The lowest BCUT2D eigenvalue weighted by molar-refractivity contribution is -0.133. The Morgan fingerprint density at radius 3 is 2.44 bits per heavy atom. The van der Waals surface area contributed by atoms with Crippen molar-refractivity contribution in [1.82, 2.24) is 15.1 Å². The molecule has 0 saturated carbocycles. The van der Waals surface area contributed by atoms with Crippen molar-refractivity contribution in [3.8, 4) is 5.75 Å². The van der Waals surface area contributed by atoms with Gasteiger partial charge in [0.05, 0.1) is 19.2 Å². The highest BCUT2D eigenvalue weighted by Crippen LogP contribution is 2.34. The highest BCUT2D eigenvalue weighted by molar-refractivity contribution is 6.07. The average Bonchev–Trinajstić information content (AvgIpc) is 3.03. The fraction of sp³-hybridized carbons (Fsp3) is 0.375. The summed E-state index contributed by atoms with van der Waals surface area (Å²) in [6.45, 7) is 2.81. The molecule has 0 spiro atoms.